The van der Waals surface area contributed by atoms with Crippen LogP contribution in [-0.2, 0) is 4.79 Å². The molecule has 4 heteroatoms. The Morgan fingerprint density at radius 1 is 1.86 bits per heavy atom. The molecule has 40 valence electrons. The molecule has 0 aliphatic rings. The van der Waals surface area contributed by atoms with Crippen LogP contribution in [0.15, 0.2) is 11.1 Å². The Morgan fingerprint density at radius 2 is 2.29 bits per heavy atom. The zero-order valence-corrected chi connectivity index (χ0v) is 4.35. The van der Waals surface area contributed by atoms with Gasteiger partial charge in [-0.25, -0.2) is 4.79 Å². The fourth-order valence-corrected chi connectivity index (χ4v) is 0.166. The summed E-state index contributed by atoms with van der Waals surface area (Å²) in [7, 11) is 0. The molecule has 0 aliphatic heterocycles. The van der Waals surface area contributed by atoms with Gasteiger partial charge >= 0.3 is 5.97 Å². The van der Waals surface area contributed by atoms with Gasteiger partial charge in [0.15, 0.2) is 0 Å². The Labute approximate surface area is 46.2 Å². The molecule has 0 bridgehead atoms. The molecule has 3 nitrogen and oxygen atoms in total. The summed E-state index contributed by atoms with van der Waals surface area (Å²) < 4.78 is 0. The van der Waals surface area contributed by atoms with Gasteiger partial charge in [-0.3, -0.25) is 0 Å². The van der Waals surface area contributed by atoms with E-state index in [-0.39, 0.29) is 5.70 Å². The molecule has 0 aromatic heterocycles. The molecule has 0 atom stereocenters. The largest absolute Gasteiger partial charge is 0.477 e. The van der Waals surface area contributed by atoms with E-state index in [9.17, 15) is 4.79 Å². The van der Waals surface area contributed by atoms with E-state index in [0.717, 1.165) is 5.41 Å². The van der Waals surface area contributed by atoms with Gasteiger partial charge in [0, 0.05) is 0 Å². The molecule has 0 aromatic rings. The molecule has 7 heavy (non-hydrogen) atoms. The van der Waals surface area contributed by atoms with Crippen LogP contribution >= 0.6 is 12.6 Å². The summed E-state index contributed by atoms with van der Waals surface area (Å²) in [6.45, 7) is 0. The van der Waals surface area contributed by atoms with Crippen LogP contribution in [0.3, 0.4) is 0 Å². The summed E-state index contributed by atoms with van der Waals surface area (Å²) in [6.07, 6.45) is 0. The van der Waals surface area contributed by atoms with Gasteiger partial charge < -0.3 is 10.8 Å². The lowest BCUT2D eigenvalue weighted by atomic mass is 10.5. The molecule has 0 heterocycles. The van der Waals surface area contributed by atoms with Gasteiger partial charge in [0.2, 0.25) is 0 Å². The smallest absolute Gasteiger partial charge is 0.352 e. The zero-order chi connectivity index (χ0) is 5.86. The fourth-order valence-electron chi connectivity index (χ4n) is 0.0552. The number of nitrogens with two attached hydrogens (primary N) is 1. The Bertz CT molecular complexity index is 110. The SMILES string of the molecule is N/C(=C\S)C(=O)O. The van der Waals surface area contributed by atoms with Crippen molar-refractivity contribution in [2.75, 3.05) is 0 Å². The highest BCUT2D eigenvalue weighted by Crippen LogP contribution is 1.83. The Kier molecular flexibility index (Phi) is 2.29. The van der Waals surface area contributed by atoms with E-state index < -0.39 is 5.97 Å². The fraction of sp³-hybridized carbons (Fsp3) is 0. The lowest BCUT2D eigenvalue weighted by Crippen LogP contribution is -2.08. The Balaban J connectivity index is 3.82. The van der Waals surface area contributed by atoms with E-state index in [4.69, 9.17) is 10.8 Å². The number of thiol groups is 1. The van der Waals surface area contributed by atoms with Gasteiger partial charge in [-0.2, -0.15) is 0 Å². The first-order valence-electron chi connectivity index (χ1n) is 1.51. The summed E-state index contributed by atoms with van der Waals surface area (Å²) in [5.41, 5.74) is 4.55. The highest BCUT2D eigenvalue weighted by Gasteiger charge is 1.95. The van der Waals surface area contributed by atoms with Crippen LogP contribution in [0, 0.1) is 0 Å². The number of carbonyl (C=O) groups is 1. The summed E-state index contributed by atoms with van der Waals surface area (Å²) in [5.74, 6) is -1.14. The van der Waals surface area contributed by atoms with Gasteiger partial charge in [-0.1, -0.05) is 0 Å². The van der Waals surface area contributed by atoms with Gasteiger partial charge in [0.25, 0.3) is 0 Å². The topological polar surface area (TPSA) is 63.3 Å². The van der Waals surface area contributed by atoms with Crippen molar-refractivity contribution < 1.29 is 9.90 Å². The minimum atomic E-state index is -1.14. The first-order valence-corrected chi connectivity index (χ1v) is 2.03. The highest BCUT2D eigenvalue weighted by atomic mass is 32.1. The average molecular weight is 119 g/mol. The molecule has 0 aliphatic carbocycles. The quantitative estimate of drug-likeness (QED) is 0.331. The molecule has 0 fully saturated rings. The molecule has 0 spiro atoms. The maximum absolute atomic E-state index is 9.69. The highest BCUT2D eigenvalue weighted by molar-refractivity contribution is 7.83. The van der Waals surface area contributed by atoms with Crippen LogP contribution in [0.2, 0.25) is 0 Å². The molecule has 0 rings (SSSR count). The number of hydrogen-bond acceptors (Lipinski definition) is 3. The lowest BCUT2D eigenvalue weighted by molar-refractivity contribution is -0.132. The van der Waals surface area contributed by atoms with Crippen molar-refractivity contribution in [3.63, 3.8) is 0 Å². The van der Waals surface area contributed by atoms with E-state index in [1.807, 2.05) is 0 Å². The van der Waals surface area contributed by atoms with Gasteiger partial charge in [-0.15, -0.1) is 12.6 Å². The van der Waals surface area contributed by atoms with Crippen molar-refractivity contribution in [1.82, 2.24) is 0 Å². The average Bonchev–Trinajstić information content (AvgIpc) is 1.65. The third-order valence-electron chi connectivity index (χ3n) is 0.386. The number of carboxylic acids is 1. The Hall–Kier alpha value is -0.640. The second kappa shape index (κ2) is 2.52. The summed E-state index contributed by atoms with van der Waals surface area (Å²) in [6, 6.07) is 0. The van der Waals surface area contributed by atoms with Crippen LogP contribution in [-0.4, -0.2) is 11.1 Å². The predicted octanol–water partition coefficient (Wildman–Crippen LogP) is -0.199. The van der Waals surface area contributed by atoms with Crippen LogP contribution in [0.1, 0.15) is 0 Å². The number of hydrogen-bond donors (Lipinski definition) is 3. The standard InChI is InChI=1S/C3H5NO2S/c4-2(1-7)3(5)6/h1,7H,4H2,(H,5,6)/b2-1-. The van der Waals surface area contributed by atoms with Crippen LogP contribution in [0.25, 0.3) is 0 Å². The summed E-state index contributed by atoms with van der Waals surface area (Å²) >= 11 is 3.49. The third-order valence-corrected chi connectivity index (χ3v) is 0.664. The maximum Gasteiger partial charge on any atom is 0.352 e. The molecule has 0 saturated carbocycles. The van der Waals surface area contributed by atoms with Crippen molar-refractivity contribution in [2.45, 2.75) is 0 Å². The Morgan fingerprint density at radius 3 is 2.29 bits per heavy atom. The first-order chi connectivity index (χ1) is 3.18. The second-order valence-electron chi connectivity index (χ2n) is 0.890. The number of rotatable bonds is 1. The molecule has 0 amide bonds. The van der Waals surface area contributed by atoms with Crippen molar-refractivity contribution in [1.29, 1.82) is 0 Å². The molecule has 0 unspecified atom stereocenters. The summed E-state index contributed by atoms with van der Waals surface area (Å²) in [4.78, 5) is 9.69. The number of carboxylic acid groups (broad SMARTS) is 1. The maximum atomic E-state index is 9.69. The van der Waals surface area contributed by atoms with E-state index in [1.165, 1.54) is 0 Å². The molecular formula is C3H5NO2S. The zero-order valence-electron chi connectivity index (χ0n) is 3.46. The molecule has 0 aromatic carbocycles. The molecular weight excluding hydrogens is 114 g/mol. The van der Waals surface area contributed by atoms with Crippen LogP contribution in [0.4, 0.5) is 0 Å². The predicted molar refractivity (Wildman–Crippen MR) is 28.9 cm³/mol. The van der Waals surface area contributed by atoms with E-state index in [1.54, 1.807) is 0 Å². The van der Waals surface area contributed by atoms with E-state index in [0.29, 0.717) is 0 Å². The van der Waals surface area contributed by atoms with E-state index in [2.05, 4.69) is 12.6 Å². The summed E-state index contributed by atoms with van der Waals surface area (Å²) in [5, 5.41) is 8.97. The minimum absolute atomic E-state index is 0.247. The van der Waals surface area contributed by atoms with E-state index >= 15 is 0 Å². The third kappa shape index (κ3) is 2.11. The van der Waals surface area contributed by atoms with Crippen molar-refractivity contribution >= 4 is 18.6 Å². The number of aliphatic carboxylic acids is 1. The van der Waals surface area contributed by atoms with Gasteiger partial charge in [0.1, 0.15) is 5.70 Å². The van der Waals surface area contributed by atoms with Crippen LogP contribution in [0.5, 0.6) is 0 Å². The van der Waals surface area contributed by atoms with Crippen LogP contribution < -0.4 is 5.73 Å². The first kappa shape index (κ1) is 6.36. The normalized spacial score (nSPS) is 11.3. The molecule has 3 N–H and O–H groups in total. The minimum Gasteiger partial charge on any atom is -0.477 e. The lowest BCUT2D eigenvalue weighted by Gasteiger charge is -1.84. The van der Waals surface area contributed by atoms with Crippen molar-refractivity contribution in [2.24, 2.45) is 5.73 Å². The van der Waals surface area contributed by atoms with Crippen molar-refractivity contribution in [3.05, 3.63) is 11.1 Å². The van der Waals surface area contributed by atoms with Gasteiger partial charge in [-0.05, 0) is 5.41 Å². The molecule has 0 saturated heterocycles. The second-order valence-corrected chi connectivity index (χ2v) is 1.15. The monoisotopic (exact) mass is 119 g/mol. The van der Waals surface area contributed by atoms with Crippen molar-refractivity contribution in [3.8, 4) is 0 Å². The molecule has 0 radical (unpaired) electrons. The van der Waals surface area contributed by atoms with Gasteiger partial charge in [0.05, 0.1) is 0 Å².